The third-order valence-corrected chi connectivity index (χ3v) is 11.0. The fraction of sp³-hybridized carbons (Fsp3) is 0.900. The second-order valence-electron chi connectivity index (χ2n) is 13.3. The summed E-state index contributed by atoms with van der Waals surface area (Å²) < 4.78 is 5.92. The van der Waals surface area contributed by atoms with E-state index in [0.29, 0.717) is 10.8 Å². The van der Waals surface area contributed by atoms with Crippen LogP contribution in [0.5, 0.6) is 0 Å². The van der Waals surface area contributed by atoms with E-state index >= 15 is 0 Å². The first-order valence-electron chi connectivity index (χ1n) is 14.1. The lowest BCUT2D eigenvalue weighted by Crippen LogP contribution is -2.51. The third-order valence-electron chi connectivity index (χ3n) is 11.0. The van der Waals surface area contributed by atoms with Crippen LogP contribution < -0.4 is 0 Å². The van der Waals surface area contributed by atoms with Gasteiger partial charge in [0.1, 0.15) is 0 Å². The van der Waals surface area contributed by atoms with E-state index in [0.717, 1.165) is 54.8 Å². The van der Waals surface area contributed by atoms with Gasteiger partial charge >= 0.3 is 5.97 Å². The molecule has 0 amide bonds. The molecule has 0 heterocycles. The highest BCUT2D eigenvalue weighted by Crippen LogP contribution is 2.67. The van der Waals surface area contributed by atoms with E-state index < -0.39 is 12.1 Å². The quantitative estimate of drug-likeness (QED) is 0.376. The molecule has 3 heteroatoms. The minimum absolute atomic E-state index is 0.0726. The molecule has 0 saturated heterocycles. The van der Waals surface area contributed by atoms with E-state index in [9.17, 15) is 9.90 Å². The van der Waals surface area contributed by atoms with Gasteiger partial charge in [0.15, 0.2) is 6.10 Å². The van der Waals surface area contributed by atoms with E-state index in [1.54, 1.807) is 12.5 Å². The second kappa shape index (κ2) is 9.67. The number of rotatable bonds is 8. The van der Waals surface area contributed by atoms with Gasteiger partial charge in [-0.3, -0.25) is 0 Å². The SMILES string of the molecule is CC(C)CCC[C@@H](C)[C@H]1CC[C@H]2[C@@H]3CC=C4C[C@@H](OC(C)C(=O)O)CC[C@]4(C)[C@H]3CC[C@]12C. The van der Waals surface area contributed by atoms with Crippen molar-refractivity contribution in [3.63, 3.8) is 0 Å². The average molecular weight is 459 g/mol. The Hall–Kier alpha value is -0.830. The first-order valence-corrected chi connectivity index (χ1v) is 14.1. The standard InChI is InChI=1S/C30H50O3/c1-19(2)8-7-9-20(3)25-12-13-26-24-11-10-22-18-23(33-21(4)28(31)32)14-16-29(22,5)27(24)15-17-30(25,26)6/h10,19-21,23-27H,7-9,11-18H2,1-6H3,(H,31,32)/t20-,21?,23+,24+,25-,26+,27+,29+,30-/m1/s1. The summed E-state index contributed by atoms with van der Waals surface area (Å²) in [5, 5.41) is 9.25. The summed E-state index contributed by atoms with van der Waals surface area (Å²) in [7, 11) is 0. The molecule has 9 atom stereocenters. The van der Waals surface area contributed by atoms with Gasteiger partial charge in [-0.05, 0) is 105 Å². The predicted octanol–water partition coefficient (Wildman–Crippen LogP) is 7.89. The van der Waals surface area contributed by atoms with Crippen LogP contribution in [0.3, 0.4) is 0 Å². The molecule has 0 aliphatic heterocycles. The van der Waals surface area contributed by atoms with Crippen LogP contribution in [0.25, 0.3) is 0 Å². The largest absolute Gasteiger partial charge is 0.479 e. The fourth-order valence-electron chi connectivity index (χ4n) is 9.12. The molecule has 3 saturated carbocycles. The van der Waals surface area contributed by atoms with Crippen molar-refractivity contribution >= 4 is 5.97 Å². The van der Waals surface area contributed by atoms with Crippen molar-refractivity contribution in [2.24, 2.45) is 46.3 Å². The Bertz CT molecular complexity index is 741. The van der Waals surface area contributed by atoms with Crippen molar-refractivity contribution in [3.8, 4) is 0 Å². The normalized spacial score (nSPS) is 42.2. The Morgan fingerprint density at radius 3 is 2.52 bits per heavy atom. The summed E-state index contributed by atoms with van der Waals surface area (Å²) >= 11 is 0. The first-order chi connectivity index (χ1) is 15.6. The number of hydrogen-bond donors (Lipinski definition) is 1. The van der Waals surface area contributed by atoms with Crippen LogP contribution in [0, 0.1) is 46.3 Å². The Labute approximate surface area is 203 Å². The maximum Gasteiger partial charge on any atom is 0.332 e. The Balaban J connectivity index is 1.45. The van der Waals surface area contributed by atoms with Gasteiger partial charge in [0.05, 0.1) is 6.10 Å². The van der Waals surface area contributed by atoms with E-state index in [1.165, 1.54) is 51.4 Å². The molecule has 0 spiro atoms. The summed E-state index contributed by atoms with van der Waals surface area (Å²) in [5.41, 5.74) is 2.42. The molecule has 4 aliphatic rings. The lowest BCUT2D eigenvalue weighted by atomic mass is 9.47. The number of carboxylic acids is 1. The van der Waals surface area contributed by atoms with Crippen molar-refractivity contribution < 1.29 is 14.6 Å². The Morgan fingerprint density at radius 1 is 1.06 bits per heavy atom. The molecule has 1 unspecified atom stereocenters. The molecule has 3 fully saturated rings. The van der Waals surface area contributed by atoms with Crippen LogP contribution in [0.15, 0.2) is 11.6 Å². The van der Waals surface area contributed by atoms with Crippen molar-refractivity contribution in [2.75, 3.05) is 0 Å². The third kappa shape index (κ3) is 4.69. The first kappa shape index (κ1) is 25.3. The summed E-state index contributed by atoms with van der Waals surface area (Å²) in [4.78, 5) is 11.3. The van der Waals surface area contributed by atoms with Gasteiger partial charge < -0.3 is 9.84 Å². The minimum atomic E-state index is -0.846. The highest BCUT2D eigenvalue weighted by atomic mass is 16.5. The zero-order chi connectivity index (χ0) is 24.0. The average Bonchev–Trinajstić information content (AvgIpc) is 3.11. The summed E-state index contributed by atoms with van der Waals surface area (Å²) in [6.07, 6.45) is 16.2. The highest BCUT2D eigenvalue weighted by molar-refractivity contribution is 5.71. The molecule has 0 aromatic heterocycles. The number of carboxylic acid groups (broad SMARTS) is 1. The van der Waals surface area contributed by atoms with Gasteiger partial charge in [-0.25, -0.2) is 4.79 Å². The van der Waals surface area contributed by atoms with Gasteiger partial charge in [-0.15, -0.1) is 0 Å². The Morgan fingerprint density at radius 2 is 1.82 bits per heavy atom. The monoisotopic (exact) mass is 458 g/mol. The van der Waals surface area contributed by atoms with Crippen LogP contribution in [0.1, 0.15) is 112 Å². The molecular formula is C30H50O3. The molecule has 0 aromatic rings. The van der Waals surface area contributed by atoms with Crippen LogP contribution in [-0.2, 0) is 9.53 Å². The smallest absolute Gasteiger partial charge is 0.332 e. The van der Waals surface area contributed by atoms with Crippen molar-refractivity contribution in [1.82, 2.24) is 0 Å². The Kier molecular flexibility index (Phi) is 7.40. The topological polar surface area (TPSA) is 46.5 Å². The maximum absolute atomic E-state index is 11.3. The molecule has 0 radical (unpaired) electrons. The predicted molar refractivity (Wildman–Crippen MR) is 135 cm³/mol. The van der Waals surface area contributed by atoms with E-state index in [4.69, 9.17) is 4.74 Å². The highest BCUT2D eigenvalue weighted by Gasteiger charge is 2.59. The van der Waals surface area contributed by atoms with E-state index in [1.807, 2.05) is 0 Å². The molecule has 0 aromatic carbocycles. The zero-order valence-electron chi connectivity index (χ0n) is 22.2. The van der Waals surface area contributed by atoms with Crippen LogP contribution in [0.2, 0.25) is 0 Å². The molecule has 33 heavy (non-hydrogen) atoms. The summed E-state index contributed by atoms with van der Waals surface area (Å²) in [6, 6.07) is 0. The molecule has 0 bridgehead atoms. The minimum Gasteiger partial charge on any atom is -0.479 e. The second-order valence-corrected chi connectivity index (χ2v) is 13.3. The molecule has 1 N–H and O–H groups in total. The van der Waals surface area contributed by atoms with Crippen LogP contribution in [-0.4, -0.2) is 23.3 Å². The number of hydrogen-bond acceptors (Lipinski definition) is 2. The maximum atomic E-state index is 11.3. The number of fused-ring (bicyclic) bond motifs is 5. The number of aliphatic carboxylic acids is 1. The van der Waals surface area contributed by atoms with Gasteiger partial charge in [0, 0.05) is 0 Å². The number of allylic oxidation sites excluding steroid dienone is 1. The van der Waals surface area contributed by atoms with Crippen LogP contribution >= 0.6 is 0 Å². The van der Waals surface area contributed by atoms with Gasteiger partial charge in [-0.2, -0.15) is 0 Å². The molecular weight excluding hydrogens is 408 g/mol. The van der Waals surface area contributed by atoms with Gasteiger partial charge in [0.25, 0.3) is 0 Å². The van der Waals surface area contributed by atoms with E-state index in [-0.39, 0.29) is 6.10 Å². The van der Waals surface area contributed by atoms with Gasteiger partial charge in [0.2, 0.25) is 0 Å². The lowest BCUT2D eigenvalue weighted by molar-refractivity contribution is -0.154. The number of ether oxygens (including phenoxy) is 1. The molecule has 3 nitrogen and oxygen atoms in total. The fourth-order valence-corrected chi connectivity index (χ4v) is 9.12. The van der Waals surface area contributed by atoms with E-state index in [2.05, 4.69) is 40.7 Å². The van der Waals surface area contributed by atoms with Crippen molar-refractivity contribution in [2.45, 2.75) is 124 Å². The van der Waals surface area contributed by atoms with Crippen molar-refractivity contribution in [1.29, 1.82) is 0 Å². The summed E-state index contributed by atoms with van der Waals surface area (Å²) in [6.45, 7) is 14.2. The lowest BCUT2D eigenvalue weighted by Gasteiger charge is -2.58. The number of carbonyl (C=O) groups is 1. The van der Waals surface area contributed by atoms with Crippen LogP contribution in [0.4, 0.5) is 0 Å². The van der Waals surface area contributed by atoms with Crippen molar-refractivity contribution in [3.05, 3.63) is 11.6 Å². The zero-order valence-corrected chi connectivity index (χ0v) is 22.2. The van der Waals surface area contributed by atoms with Gasteiger partial charge in [-0.1, -0.05) is 65.5 Å². The molecule has 4 aliphatic carbocycles. The molecule has 4 rings (SSSR count). The molecule has 188 valence electrons. The summed E-state index contributed by atoms with van der Waals surface area (Å²) in [5.74, 6) is 4.31.